The highest BCUT2D eigenvalue weighted by Crippen LogP contribution is 2.41. The number of amides is 1. The fraction of sp³-hybridized carbons (Fsp3) is 0.406. The topological polar surface area (TPSA) is 84.9 Å². The van der Waals surface area contributed by atoms with E-state index in [-0.39, 0.29) is 23.7 Å². The molecule has 1 aliphatic heterocycles. The molecule has 7 heteroatoms. The first-order valence-electron chi connectivity index (χ1n) is 13.5. The van der Waals surface area contributed by atoms with Crippen LogP contribution in [0.3, 0.4) is 0 Å². The minimum atomic E-state index is -1.39. The highest BCUT2D eigenvalue weighted by atomic mass is 32.2. The van der Waals surface area contributed by atoms with E-state index in [1.54, 1.807) is 13.8 Å². The lowest BCUT2D eigenvalue weighted by molar-refractivity contribution is -0.118. The van der Waals surface area contributed by atoms with Crippen molar-refractivity contribution in [2.75, 3.05) is 6.61 Å². The molecule has 2 N–H and O–H groups in total. The number of ether oxygens (including phenoxy) is 2. The van der Waals surface area contributed by atoms with Gasteiger partial charge in [0, 0.05) is 12.8 Å². The predicted molar refractivity (Wildman–Crippen MR) is 157 cm³/mol. The van der Waals surface area contributed by atoms with Crippen LogP contribution in [0.25, 0.3) is 5.57 Å². The van der Waals surface area contributed by atoms with Crippen molar-refractivity contribution in [1.82, 2.24) is 4.72 Å². The summed E-state index contributed by atoms with van der Waals surface area (Å²) in [5.41, 5.74) is 7.08. The van der Waals surface area contributed by atoms with Crippen molar-refractivity contribution in [3.05, 3.63) is 88.5 Å². The second-order valence-electron chi connectivity index (χ2n) is 10.9. The average molecular weight is 550 g/mol. The molecule has 0 bridgehead atoms. The summed E-state index contributed by atoms with van der Waals surface area (Å²) in [5, 5.41) is 9.65. The molecule has 208 valence electrons. The average Bonchev–Trinajstić information content (AvgIpc) is 3.42. The number of carbonyl (C=O) groups is 1. The van der Waals surface area contributed by atoms with Gasteiger partial charge in [0.05, 0.1) is 17.5 Å². The van der Waals surface area contributed by atoms with Gasteiger partial charge in [-0.05, 0) is 111 Å². The highest BCUT2D eigenvalue weighted by Gasteiger charge is 2.31. The molecule has 1 aliphatic carbocycles. The molecule has 3 atom stereocenters. The van der Waals surface area contributed by atoms with Gasteiger partial charge in [-0.1, -0.05) is 30.9 Å². The first-order valence-corrected chi connectivity index (χ1v) is 14.7. The van der Waals surface area contributed by atoms with E-state index in [1.165, 1.54) is 16.7 Å². The molecule has 2 aliphatic rings. The summed E-state index contributed by atoms with van der Waals surface area (Å²) >= 11 is 0. The Hall–Kier alpha value is -3.16. The lowest BCUT2D eigenvalue weighted by Crippen LogP contribution is -2.21. The maximum absolute atomic E-state index is 12.1. The van der Waals surface area contributed by atoms with E-state index in [4.69, 9.17) is 9.47 Å². The summed E-state index contributed by atoms with van der Waals surface area (Å²) in [6.07, 6.45) is 6.47. The molecule has 3 unspecified atom stereocenters. The van der Waals surface area contributed by atoms with Gasteiger partial charge in [0.15, 0.2) is 0 Å². The highest BCUT2D eigenvalue weighted by molar-refractivity contribution is 7.84. The van der Waals surface area contributed by atoms with E-state index in [1.807, 2.05) is 30.3 Å². The fourth-order valence-corrected chi connectivity index (χ4v) is 6.55. The van der Waals surface area contributed by atoms with Crippen LogP contribution in [-0.4, -0.2) is 33.5 Å². The zero-order valence-electron chi connectivity index (χ0n) is 23.5. The summed E-state index contributed by atoms with van der Waals surface area (Å²) in [7, 11) is -1.39. The van der Waals surface area contributed by atoms with Crippen molar-refractivity contribution in [3.8, 4) is 11.5 Å². The van der Waals surface area contributed by atoms with E-state index < -0.39 is 16.6 Å². The standard InChI is InChI=1S/C32H39NO5S/c1-7-25-27(26(8-2)31-20(3)17-24(18-21(31)4)37-16-15-32(5,6)35)13-14-28(25)38-23-11-9-22(10-12-23)29-19-30(34)33-39(29)36/h7-12,17-18,28-29,35H,1,13-16,19H2,2-6H3,(H,33,34)/b26-8+. The van der Waals surface area contributed by atoms with Crippen molar-refractivity contribution in [1.29, 1.82) is 0 Å². The molecule has 0 saturated carbocycles. The maximum Gasteiger partial charge on any atom is 0.233 e. The van der Waals surface area contributed by atoms with Crippen LogP contribution in [0.2, 0.25) is 0 Å². The first kappa shape index (κ1) is 28.8. The normalized spacial score (nSPS) is 21.7. The minimum absolute atomic E-state index is 0.118. The van der Waals surface area contributed by atoms with Gasteiger partial charge in [-0.15, -0.1) is 0 Å². The number of nitrogens with one attached hydrogen (secondary N) is 1. The Labute approximate surface area is 234 Å². The quantitative estimate of drug-likeness (QED) is 0.369. The molecule has 0 radical (unpaired) electrons. The van der Waals surface area contributed by atoms with Gasteiger partial charge in [0.2, 0.25) is 5.91 Å². The molecule has 2 aromatic carbocycles. The SMILES string of the molecule is C=CC1=C(/C(=C\C)c2c(C)cc(OCCC(C)(C)O)cc2C)CCC1Oc1ccc(C2CC(=O)NS2=O)cc1. The van der Waals surface area contributed by atoms with Crippen LogP contribution in [0, 0.1) is 13.8 Å². The zero-order valence-corrected chi connectivity index (χ0v) is 24.3. The molecule has 0 aromatic heterocycles. The van der Waals surface area contributed by atoms with E-state index in [0.717, 1.165) is 46.6 Å². The van der Waals surface area contributed by atoms with Gasteiger partial charge >= 0.3 is 0 Å². The summed E-state index contributed by atoms with van der Waals surface area (Å²) in [5.74, 6) is 1.36. The van der Waals surface area contributed by atoms with Gasteiger partial charge < -0.3 is 14.6 Å². The molecule has 4 rings (SSSR count). The van der Waals surface area contributed by atoms with Gasteiger partial charge in [-0.25, -0.2) is 4.21 Å². The summed E-state index contributed by atoms with van der Waals surface area (Å²) in [6, 6.07) is 11.7. The number of allylic oxidation sites excluding steroid dienone is 3. The Balaban J connectivity index is 1.52. The third-order valence-corrected chi connectivity index (χ3v) is 8.70. The molecule has 1 heterocycles. The lowest BCUT2D eigenvalue weighted by atomic mass is 9.88. The molecule has 1 saturated heterocycles. The number of hydrogen-bond donors (Lipinski definition) is 2. The van der Waals surface area contributed by atoms with Gasteiger partial charge in [0.25, 0.3) is 0 Å². The number of aliphatic hydroxyl groups is 1. The van der Waals surface area contributed by atoms with Crippen LogP contribution in [0.5, 0.6) is 11.5 Å². The van der Waals surface area contributed by atoms with Crippen molar-refractivity contribution < 1.29 is 23.6 Å². The Morgan fingerprint density at radius 1 is 1.18 bits per heavy atom. The minimum Gasteiger partial charge on any atom is -0.493 e. The molecule has 1 fully saturated rings. The smallest absolute Gasteiger partial charge is 0.233 e. The summed E-state index contributed by atoms with van der Waals surface area (Å²) < 4.78 is 27.0. The lowest BCUT2D eigenvalue weighted by Gasteiger charge is -2.20. The van der Waals surface area contributed by atoms with Crippen LogP contribution in [0.1, 0.15) is 74.0 Å². The number of aryl methyl sites for hydroxylation is 2. The Bertz CT molecular complexity index is 1310. The van der Waals surface area contributed by atoms with Crippen LogP contribution in [-0.2, 0) is 15.8 Å². The van der Waals surface area contributed by atoms with E-state index in [2.05, 4.69) is 50.3 Å². The van der Waals surface area contributed by atoms with E-state index in [0.29, 0.717) is 13.0 Å². The predicted octanol–water partition coefficient (Wildman–Crippen LogP) is 6.20. The van der Waals surface area contributed by atoms with Gasteiger partial charge in [-0.2, -0.15) is 0 Å². The van der Waals surface area contributed by atoms with Crippen molar-refractivity contribution in [3.63, 3.8) is 0 Å². The number of rotatable bonds is 10. The third kappa shape index (κ3) is 6.71. The van der Waals surface area contributed by atoms with Crippen molar-refractivity contribution in [2.24, 2.45) is 0 Å². The Morgan fingerprint density at radius 3 is 2.38 bits per heavy atom. The number of benzene rings is 2. The second kappa shape index (κ2) is 11.9. The number of hydrogen-bond acceptors (Lipinski definition) is 5. The molecule has 39 heavy (non-hydrogen) atoms. The molecule has 6 nitrogen and oxygen atoms in total. The van der Waals surface area contributed by atoms with Gasteiger partial charge in [0.1, 0.15) is 28.6 Å². The van der Waals surface area contributed by atoms with Crippen LogP contribution < -0.4 is 14.2 Å². The Kier molecular flexibility index (Phi) is 8.82. The van der Waals surface area contributed by atoms with Crippen LogP contribution in [0.15, 0.2) is 66.3 Å². The molecule has 1 amide bonds. The second-order valence-corrected chi connectivity index (χ2v) is 12.3. The van der Waals surface area contributed by atoms with E-state index in [9.17, 15) is 14.1 Å². The van der Waals surface area contributed by atoms with E-state index >= 15 is 0 Å². The molecule has 2 aromatic rings. The zero-order chi connectivity index (χ0) is 28.3. The van der Waals surface area contributed by atoms with Crippen molar-refractivity contribution in [2.45, 2.75) is 77.3 Å². The van der Waals surface area contributed by atoms with Crippen LogP contribution in [0.4, 0.5) is 0 Å². The molecule has 0 spiro atoms. The molecular weight excluding hydrogens is 510 g/mol. The molecular formula is C32H39NO5S. The summed E-state index contributed by atoms with van der Waals surface area (Å²) in [6.45, 7) is 14.4. The first-order chi connectivity index (χ1) is 18.5. The number of carbonyl (C=O) groups excluding carboxylic acids is 1. The maximum atomic E-state index is 12.1. The monoisotopic (exact) mass is 549 g/mol. The van der Waals surface area contributed by atoms with Crippen molar-refractivity contribution >= 4 is 22.5 Å². The fourth-order valence-electron chi connectivity index (χ4n) is 5.39. The largest absolute Gasteiger partial charge is 0.493 e. The van der Waals surface area contributed by atoms with Crippen LogP contribution >= 0.6 is 0 Å². The summed E-state index contributed by atoms with van der Waals surface area (Å²) in [4.78, 5) is 11.6. The van der Waals surface area contributed by atoms with Gasteiger partial charge in [-0.3, -0.25) is 9.52 Å². The Morgan fingerprint density at radius 2 is 1.85 bits per heavy atom. The third-order valence-electron chi connectivity index (χ3n) is 7.32.